The molecule has 4 heteroatoms. The smallest absolute Gasteiger partial charge is 0.161 e. The molecule has 1 heterocycles. The SMILES string of the molecule is Cc1cc(C)c(C2=NO[C@@H](CO)[C@@H]2CO)c(C)c1. The van der Waals surface area contributed by atoms with Gasteiger partial charge >= 0.3 is 0 Å². The molecule has 0 fully saturated rings. The Labute approximate surface area is 107 Å². The van der Waals surface area contributed by atoms with Gasteiger partial charge in [-0.25, -0.2) is 0 Å². The van der Waals surface area contributed by atoms with Crippen LogP contribution in [0.25, 0.3) is 0 Å². The highest BCUT2D eigenvalue weighted by Crippen LogP contribution is 2.27. The number of oxime groups is 1. The Morgan fingerprint density at radius 3 is 2.22 bits per heavy atom. The molecule has 0 bridgehead atoms. The molecule has 2 N–H and O–H groups in total. The predicted molar refractivity (Wildman–Crippen MR) is 69.7 cm³/mol. The predicted octanol–water partition coefficient (Wildman–Crippen LogP) is 1.32. The highest BCUT2D eigenvalue weighted by Gasteiger charge is 2.35. The molecule has 98 valence electrons. The summed E-state index contributed by atoms with van der Waals surface area (Å²) in [7, 11) is 0. The highest BCUT2D eigenvalue weighted by atomic mass is 16.7. The molecule has 0 aliphatic carbocycles. The maximum absolute atomic E-state index is 9.46. The summed E-state index contributed by atoms with van der Waals surface area (Å²) in [5.41, 5.74) is 5.20. The molecule has 2 atom stereocenters. The van der Waals surface area contributed by atoms with E-state index in [1.54, 1.807) is 0 Å². The summed E-state index contributed by atoms with van der Waals surface area (Å²) in [6.45, 7) is 5.90. The lowest BCUT2D eigenvalue weighted by atomic mass is 9.87. The molecule has 2 rings (SSSR count). The van der Waals surface area contributed by atoms with Gasteiger partial charge in [0.25, 0.3) is 0 Å². The molecular formula is C14H19NO3. The molecule has 1 aromatic rings. The lowest BCUT2D eigenvalue weighted by Crippen LogP contribution is -2.30. The lowest BCUT2D eigenvalue weighted by Gasteiger charge is -2.17. The third-order valence-corrected chi connectivity index (χ3v) is 3.40. The summed E-state index contributed by atoms with van der Waals surface area (Å²) in [4.78, 5) is 5.19. The molecule has 0 amide bonds. The van der Waals surface area contributed by atoms with Crippen molar-refractivity contribution in [3.8, 4) is 0 Å². The zero-order valence-electron chi connectivity index (χ0n) is 11.0. The van der Waals surface area contributed by atoms with E-state index in [0.29, 0.717) is 0 Å². The summed E-state index contributed by atoms with van der Waals surface area (Å²) >= 11 is 0. The van der Waals surface area contributed by atoms with Crippen molar-refractivity contribution in [1.82, 2.24) is 0 Å². The molecule has 0 saturated heterocycles. The van der Waals surface area contributed by atoms with Crippen LogP contribution in [0.15, 0.2) is 17.3 Å². The number of aliphatic hydroxyl groups is 2. The summed E-state index contributed by atoms with van der Waals surface area (Å²) in [6, 6.07) is 4.18. The Hall–Kier alpha value is -1.39. The van der Waals surface area contributed by atoms with Crippen molar-refractivity contribution in [3.63, 3.8) is 0 Å². The average molecular weight is 249 g/mol. The molecule has 0 saturated carbocycles. The first-order valence-electron chi connectivity index (χ1n) is 6.12. The third kappa shape index (κ3) is 2.13. The number of aliphatic hydroxyl groups excluding tert-OH is 2. The van der Waals surface area contributed by atoms with Crippen molar-refractivity contribution in [2.75, 3.05) is 13.2 Å². The molecule has 18 heavy (non-hydrogen) atoms. The van der Waals surface area contributed by atoms with E-state index in [4.69, 9.17) is 4.84 Å². The standard InChI is InChI=1S/C14H19NO3/c1-8-4-9(2)13(10(3)5-8)14-11(6-16)12(7-17)18-15-14/h4-5,11-12,16-17H,6-7H2,1-3H3/t11-,12-/m0/s1. The fourth-order valence-corrected chi connectivity index (χ4v) is 2.62. The molecule has 1 aromatic carbocycles. The van der Waals surface area contributed by atoms with E-state index >= 15 is 0 Å². The Bertz CT molecular complexity index is 459. The van der Waals surface area contributed by atoms with Gasteiger partial charge < -0.3 is 15.1 Å². The van der Waals surface area contributed by atoms with E-state index in [1.807, 2.05) is 13.8 Å². The maximum atomic E-state index is 9.46. The first-order chi connectivity index (χ1) is 8.58. The first-order valence-corrected chi connectivity index (χ1v) is 6.12. The average Bonchev–Trinajstić information content (AvgIpc) is 2.70. The van der Waals surface area contributed by atoms with Crippen molar-refractivity contribution in [2.45, 2.75) is 26.9 Å². The van der Waals surface area contributed by atoms with E-state index < -0.39 is 6.10 Å². The number of benzene rings is 1. The van der Waals surface area contributed by atoms with Crippen LogP contribution in [0.3, 0.4) is 0 Å². The number of aryl methyl sites for hydroxylation is 3. The minimum Gasteiger partial charge on any atom is -0.396 e. The van der Waals surface area contributed by atoms with E-state index in [1.165, 1.54) is 5.56 Å². The van der Waals surface area contributed by atoms with Gasteiger partial charge in [0.2, 0.25) is 0 Å². The normalized spacial score (nSPS) is 22.8. The van der Waals surface area contributed by atoms with E-state index in [9.17, 15) is 10.2 Å². The highest BCUT2D eigenvalue weighted by molar-refractivity contribution is 6.05. The Balaban J connectivity index is 2.44. The van der Waals surface area contributed by atoms with Crippen LogP contribution in [-0.4, -0.2) is 35.2 Å². The number of hydrogen-bond donors (Lipinski definition) is 2. The number of nitrogens with zero attached hydrogens (tertiary/aromatic N) is 1. The van der Waals surface area contributed by atoms with Gasteiger partial charge in [-0.2, -0.15) is 0 Å². The minimum atomic E-state index is -0.440. The maximum Gasteiger partial charge on any atom is 0.161 e. The number of hydrogen-bond acceptors (Lipinski definition) is 4. The number of rotatable bonds is 3. The summed E-state index contributed by atoms with van der Waals surface area (Å²) in [5, 5.41) is 22.7. The van der Waals surface area contributed by atoms with Crippen LogP contribution in [0.4, 0.5) is 0 Å². The molecule has 4 nitrogen and oxygen atoms in total. The second kappa shape index (κ2) is 5.08. The van der Waals surface area contributed by atoms with Crippen molar-refractivity contribution in [2.24, 2.45) is 11.1 Å². The van der Waals surface area contributed by atoms with E-state index in [2.05, 4.69) is 24.2 Å². The van der Waals surface area contributed by atoms with Gasteiger partial charge in [-0.1, -0.05) is 22.9 Å². The van der Waals surface area contributed by atoms with Crippen LogP contribution in [-0.2, 0) is 4.84 Å². The molecular weight excluding hydrogens is 230 g/mol. The fourth-order valence-electron chi connectivity index (χ4n) is 2.62. The monoisotopic (exact) mass is 249 g/mol. The van der Waals surface area contributed by atoms with Gasteiger partial charge in [0.05, 0.1) is 24.8 Å². The van der Waals surface area contributed by atoms with Gasteiger partial charge in [-0.15, -0.1) is 0 Å². The summed E-state index contributed by atoms with van der Waals surface area (Å²) in [6.07, 6.45) is -0.440. The van der Waals surface area contributed by atoms with Gasteiger partial charge in [0, 0.05) is 5.56 Å². The van der Waals surface area contributed by atoms with E-state index in [0.717, 1.165) is 22.4 Å². The molecule has 0 spiro atoms. The third-order valence-electron chi connectivity index (χ3n) is 3.40. The van der Waals surface area contributed by atoms with Gasteiger partial charge in [0.1, 0.15) is 0 Å². The van der Waals surface area contributed by atoms with Crippen molar-refractivity contribution >= 4 is 5.71 Å². The summed E-state index contributed by atoms with van der Waals surface area (Å²) < 4.78 is 0. The fraction of sp³-hybridized carbons (Fsp3) is 0.500. The Morgan fingerprint density at radius 2 is 1.72 bits per heavy atom. The second-order valence-corrected chi connectivity index (χ2v) is 4.87. The zero-order chi connectivity index (χ0) is 13.3. The van der Waals surface area contributed by atoms with Crippen molar-refractivity contribution < 1.29 is 15.1 Å². The van der Waals surface area contributed by atoms with Crippen LogP contribution in [0.5, 0.6) is 0 Å². The topological polar surface area (TPSA) is 62.0 Å². The van der Waals surface area contributed by atoms with Crippen LogP contribution in [0.2, 0.25) is 0 Å². The van der Waals surface area contributed by atoms with Crippen molar-refractivity contribution in [3.05, 3.63) is 34.4 Å². The quantitative estimate of drug-likeness (QED) is 0.849. The minimum absolute atomic E-state index is 0.0726. The van der Waals surface area contributed by atoms with Crippen LogP contribution >= 0.6 is 0 Å². The van der Waals surface area contributed by atoms with Gasteiger partial charge in [-0.3, -0.25) is 0 Å². The molecule has 0 radical (unpaired) electrons. The largest absolute Gasteiger partial charge is 0.396 e. The van der Waals surface area contributed by atoms with Gasteiger partial charge in [0.15, 0.2) is 6.10 Å². The van der Waals surface area contributed by atoms with Crippen molar-refractivity contribution in [1.29, 1.82) is 0 Å². The Morgan fingerprint density at radius 1 is 1.11 bits per heavy atom. The summed E-state index contributed by atoms with van der Waals surface area (Å²) in [5.74, 6) is -0.255. The lowest BCUT2D eigenvalue weighted by molar-refractivity contribution is 0.00650. The second-order valence-electron chi connectivity index (χ2n) is 4.87. The molecule has 1 aliphatic heterocycles. The van der Waals surface area contributed by atoms with Crippen LogP contribution in [0, 0.1) is 26.7 Å². The molecule has 0 unspecified atom stereocenters. The van der Waals surface area contributed by atoms with Crippen LogP contribution < -0.4 is 0 Å². The molecule has 0 aromatic heterocycles. The van der Waals surface area contributed by atoms with Crippen LogP contribution in [0.1, 0.15) is 22.3 Å². The molecule has 1 aliphatic rings. The van der Waals surface area contributed by atoms with Gasteiger partial charge in [-0.05, 0) is 31.9 Å². The zero-order valence-corrected chi connectivity index (χ0v) is 11.0. The Kier molecular flexibility index (Phi) is 3.68. The van der Waals surface area contributed by atoms with E-state index in [-0.39, 0.29) is 19.1 Å². The first kappa shape index (κ1) is 13.1.